The van der Waals surface area contributed by atoms with Gasteiger partial charge in [-0.25, -0.2) is 4.68 Å². The first kappa shape index (κ1) is 24.7. The Morgan fingerprint density at radius 1 is 1.16 bits per heavy atom. The number of aromatic amines is 1. The van der Waals surface area contributed by atoms with E-state index in [0.29, 0.717) is 46.4 Å². The molecule has 12 heteroatoms. The number of rotatable bonds is 7. The fourth-order valence-electron chi connectivity index (χ4n) is 4.35. The van der Waals surface area contributed by atoms with Gasteiger partial charge in [0.2, 0.25) is 0 Å². The molecule has 4 heterocycles. The zero-order chi connectivity index (χ0) is 25.9. The van der Waals surface area contributed by atoms with Crippen molar-refractivity contribution < 1.29 is 14.7 Å². The van der Waals surface area contributed by atoms with Gasteiger partial charge in [0.25, 0.3) is 11.5 Å². The van der Waals surface area contributed by atoms with E-state index in [1.807, 2.05) is 18.2 Å². The van der Waals surface area contributed by atoms with Crippen LogP contribution in [0, 0.1) is 5.92 Å². The highest BCUT2D eigenvalue weighted by Gasteiger charge is 2.26. The third-order valence-electron chi connectivity index (χ3n) is 6.30. The summed E-state index contributed by atoms with van der Waals surface area (Å²) in [4.78, 5) is 41.5. The molecule has 0 saturated carbocycles. The van der Waals surface area contributed by atoms with Gasteiger partial charge < -0.3 is 20.3 Å². The number of hydrogen-bond acceptors (Lipinski definition) is 7. The summed E-state index contributed by atoms with van der Waals surface area (Å²) in [6.45, 7) is 1.30. The molecule has 37 heavy (non-hydrogen) atoms. The van der Waals surface area contributed by atoms with Crippen LogP contribution in [0.5, 0.6) is 0 Å². The number of carbonyl (C=O) groups excluding carboxylic acids is 1. The van der Waals surface area contributed by atoms with Gasteiger partial charge in [-0.15, -0.1) is 16.4 Å². The van der Waals surface area contributed by atoms with Crippen LogP contribution >= 0.6 is 22.9 Å². The van der Waals surface area contributed by atoms with E-state index in [1.54, 1.807) is 41.3 Å². The largest absolute Gasteiger partial charge is 0.481 e. The van der Waals surface area contributed by atoms with Gasteiger partial charge in [0.1, 0.15) is 5.69 Å². The number of aliphatic carboxylic acids is 1. The Kier molecular flexibility index (Phi) is 7.06. The van der Waals surface area contributed by atoms with Crippen molar-refractivity contribution in [2.75, 3.05) is 18.0 Å². The molecule has 0 bridgehead atoms. The van der Waals surface area contributed by atoms with Gasteiger partial charge in [-0.3, -0.25) is 14.4 Å². The van der Waals surface area contributed by atoms with Crippen molar-refractivity contribution in [3.8, 4) is 16.8 Å². The monoisotopic (exact) mass is 538 g/mol. The predicted molar refractivity (Wildman–Crippen MR) is 140 cm³/mol. The van der Waals surface area contributed by atoms with Crippen LogP contribution in [-0.4, -0.2) is 50.1 Å². The molecule has 1 fully saturated rings. The number of aromatic nitrogens is 4. The van der Waals surface area contributed by atoms with Crippen LogP contribution in [-0.2, 0) is 11.3 Å². The molecule has 1 aliphatic heterocycles. The quantitative estimate of drug-likeness (QED) is 0.327. The highest BCUT2D eigenvalue weighted by atomic mass is 35.5. The second-order valence-corrected chi connectivity index (χ2v) is 10.4. The summed E-state index contributed by atoms with van der Waals surface area (Å²) in [5, 5.41) is 20.7. The van der Waals surface area contributed by atoms with E-state index in [2.05, 4.69) is 25.5 Å². The van der Waals surface area contributed by atoms with Crippen LogP contribution in [0.4, 0.5) is 5.69 Å². The Labute approximate surface area is 220 Å². The van der Waals surface area contributed by atoms with E-state index < -0.39 is 5.97 Å². The number of carbonyl (C=O) groups is 2. The topological polar surface area (TPSA) is 133 Å². The van der Waals surface area contributed by atoms with E-state index in [0.717, 1.165) is 16.9 Å². The molecule has 4 aromatic rings. The van der Waals surface area contributed by atoms with Crippen LogP contribution in [0.25, 0.3) is 16.8 Å². The number of thiophene rings is 1. The Morgan fingerprint density at radius 2 is 1.97 bits per heavy atom. The zero-order valence-electron chi connectivity index (χ0n) is 19.6. The van der Waals surface area contributed by atoms with Crippen molar-refractivity contribution in [1.82, 2.24) is 25.3 Å². The van der Waals surface area contributed by atoms with Gasteiger partial charge in [0.15, 0.2) is 0 Å². The maximum atomic E-state index is 12.4. The SMILES string of the molecule is O=C(NCc1cn(-c2ccc(-c3ccc[nH]c3=O)cc2N2CCC(C(=O)O)CC2)nn1)c1ccc(Cl)s1. The number of nitrogens with zero attached hydrogens (tertiary/aromatic N) is 4. The average molecular weight is 539 g/mol. The number of benzene rings is 1. The van der Waals surface area contributed by atoms with E-state index in [9.17, 15) is 19.5 Å². The zero-order valence-corrected chi connectivity index (χ0v) is 21.1. The lowest BCUT2D eigenvalue weighted by Crippen LogP contribution is -2.36. The number of anilines is 1. The second kappa shape index (κ2) is 10.6. The highest BCUT2D eigenvalue weighted by Crippen LogP contribution is 2.32. The summed E-state index contributed by atoms with van der Waals surface area (Å²) in [5.41, 5.74) is 3.19. The number of hydrogen-bond donors (Lipinski definition) is 3. The lowest BCUT2D eigenvalue weighted by Gasteiger charge is -2.33. The first-order valence-electron chi connectivity index (χ1n) is 11.6. The molecular formula is C25H23ClN6O4S. The summed E-state index contributed by atoms with van der Waals surface area (Å²) in [7, 11) is 0. The molecule has 0 atom stereocenters. The number of piperidine rings is 1. The molecule has 3 aromatic heterocycles. The Bertz CT molecular complexity index is 1500. The van der Waals surface area contributed by atoms with Gasteiger partial charge in [0, 0.05) is 24.8 Å². The lowest BCUT2D eigenvalue weighted by molar-refractivity contribution is -0.142. The van der Waals surface area contributed by atoms with Crippen LogP contribution in [0.1, 0.15) is 28.2 Å². The number of carboxylic acids is 1. The summed E-state index contributed by atoms with van der Waals surface area (Å²) in [6.07, 6.45) is 4.36. The number of carboxylic acid groups (broad SMARTS) is 1. The third-order valence-corrected chi connectivity index (χ3v) is 7.53. The van der Waals surface area contributed by atoms with E-state index in [-0.39, 0.29) is 23.9 Å². The van der Waals surface area contributed by atoms with E-state index in [4.69, 9.17) is 11.6 Å². The smallest absolute Gasteiger partial charge is 0.306 e. The molecule has 0 aliphatic carbocycles. The fourth-order valence-corrected chi connectivity index (χ4v) is 5.31. The minimum Gasteiger partial charge on any atom is -0.481 e. The number of H-pyrrole nitrogens is 1. The first-order valence-corrected chi connectivity index (χ1v) is 12.8. The van der Waals surface area contributed by atoms with Gasteiger partial charge in [-0.05, 0) is 54.8 Å². The minimum atomic E-state index is -0.780. The van der Waals surface area contributed by atoms with Crippen LogP contribution < -0.4 is 15.8 Å². The summed E-state index contributed by atoms with van der Waals surface area (Å²) in [5.74, 6) is -1.40. The van der Waals surface area contributed by atoms with Crippen LogP contribution in [0.2, 0.25) is 4.34 Å². The van der Waals surface area contributed by atoms with Crippen LogP contribution in [0.3, 0.4) is 0 Å². The number of amides is 1. The molecule has 0 unspecified atom stereocenters. The fraction of sp³-hybridized carbons (Fsp3) is 0.240. The average Bonchev–Trinajstić information content (AvgIpc) is 3.56. The van der Waals surface area contributed by atoms with Crippen molar-refractivity contribution >= 4 is 40.5 Å². The Morgan fingerprint density at radius 3 is 2.68 bits per heavy atom. The first-order chi connectivity index (χ1) is 17.9. The van der Waals surface area contributed by atoms with Crippen molar-refractivity contribution in [2.45, 2.75) is 19.4 Å². The van der Waals surface area contributed by atoms with Gasteiger partial charge in [0.05, 0.1) is 39.2 Å². The molecule has 1 saturated heterocycles. The van der Waals surface area contributed by atoms with Crippen LogP contribution in [0.15, 0.2) is 59.7 Å². The molecule has 1 amide bonds. The second-order valence-electron chi connectivity index (χ2n) is 8.66. The summed E-state index contributed by atoms with van der Waals surface area (Å²) in [6, 6.07) is 12.5. The molecular weight excluding hydrogens is 516 g/mol. The molecule has 1 aliphatic rings. The van der Waals surface area contributed by atoms with Crippen molar-refractivity contribution in [2.24, 2.45) is 5.92 Å². The molecule has 10 nitrogen and oxygen atoms in total. The standard InChI is InChI=1S/C25H23ClN6O4S/c26-22-6-5-21(37-22)24(34)28-13-17-14-32(30-29-17)19-4-3-16(18-2-1-9-27-23(18)33)12-20(19)31-10-7-15(8-11-31)25(35)36/h1-6,9,12,14-15H,7-8,10-11,13H2,(H,27,33)(H,28,34)(H,35,36). The molecule has 1 aromatic carbocycles. The summed E-state index contributed by atoms with van der Waals surface area (Å²) >= 11 is 7.11. The molecule has 3 N–H and O–H groups in total. The molecule has 5 rings (SSSR count). The van der Waals surface area contributed by atoms with Crippen molar-refractivity contribution in [3.05, 3.63) is 80.1 Å². The Balaban J connectivity index is 1.42. The van der Waals surface area contributed by atoms with Gasteiger partial charge >= 0.3 is 5.97 Å². The normalized spacial score (nSPS) is 14.0. The van der Waals surface area contributed by atoms with Crippen molar-refractivity contribution in [3.63, 3.8) is 0 Å². The lowest BCUT2D eigenvalue weighted by atomic mass is 9.96. The Hall–Kier alpha value is -3.96. The van der Waals surface area contributed by atoms with E-state index >= 15 is 0 Å². The predicted octanol–water partition coefficient (Wildman–Crippen LogP) is 3.57. The van der Waals surface area contributed by atoms with Gasteiger partial charge in [-0.1, -0.05) is 22.9 Å². The summed E-state index contributed by atoms with van der Waals surface area (Å²) < 4.78 is 2.16. The third kappa shape index (κ3) is 5.42. The maximum Gasteiger partial charge on any atom is 0.306 e. The van der Waals surface area contributed by atoms with E-state index in [1.165, 1.54) is 11.3 Å². The number of nitrogens with one attached hydrogen (secondary N) is 2. The maximum absolute atomic E-state index is 12.4. The number of halogens is 1. The minimum absolute atomic E-state index is 0.186. The molecule has 0 spiro atoms. The molecule has 190 valence electrons. The number of pyridine rings is 1. The molecule has 0 radical (unpaired) electrons. The van der Waals surface area contributed by atoms with Crippen molar-refractivity contribution in [1.29, 1.82) is 0 Å². The van der Waals surface area contributed by atoms with Gasteiger partial charge in [-0.2, -0.15) is 0 Å². The highest BCUT2D eigenvalue weighted by molar-refractivity contribution is 7.18.